The number of methoxy groups -OCH3 is 1. The van der Waals surface area contributed by atoms with Crippen LogP contribution in [0.2, 0.25) is 0 Å². The van der Waals surface area contributed by atoms with Crippen LogP contribution in [0.25, 0.3) is 6.08 Å². The van der Waals surface area contributed by atoms with Gasteiger partial charge in [0.25, 0.3) is 11.1 Å². The first-order valence-electron chi connectivity index (χ1n) is 9.68. The molecule has 7 nitrogen and oxygen atoms in total. The van der Waals surface area contributed by atoms with Gasteiger partial charge in [0.15, 0.2) is 11.5 Å². The number of carbonyl (C=O) groups excluding carboxylic acids is 3. The van der Waals surface area contributed by atoms with Crippen molar-refractivity contribution in [3.8, 4) is 11.5 Å². The summed E-state index contributed by atoms with van der Waals surface area (Å²) in [6.45, 7) is 3.86. The van der Waals surface area contributed by atoms with Crippen molar-refractivity contribution in [3.05, 3.63) is 64.1 Å². The Morgan fingerprint density at radius 2 is 1.94 bits per heavy atom. The van der Waals surface area contributed by atoms with Gasteiger partial charge in [-0.1, -0.05) is 35.9 Å². The summed E-state index contributed by atoms with van der Waals surface area (Å²) in [4.78, 5) is 37.4. The first kappa shape index (κ1) is 22.4. The molecule has 0 aliphatic carbocycles. The summed E-state index contributed by atoms with van der Waals surface area (Å²) >= 11 is 0.782. The molecule has 1 aliphatic heterocycles. The van der Waals surface area contributed by atoms with E-state index in [1.807, 2.05) is 31.2 Å². The number of thioether (sulfide) groups is 1. The van der Waals surface area contributed by atoms with Crippen LogP contribution in [-0.4, -0.2) is 42.3 Å². The van der Waals surface area contributed by atoms with E-state index in [0.29, 0.717) is 23.7 Å². The fourth-order valence-electron chi connectivity index (χ4n) is 2.98. The van der Waals surface area contributed by atoms with E-state index >= 15 is 0 Å². The van der Waals surface area contributed by atoms with Crippen LogP contribution < -0.4 is 9.47 Å². The summed E-state index contributed by atoms with van der Waals surface area (Å²) in [5.74, 6) is -0.0756. The average Bonchev–Trinajstić information content (AvgIpc) is 3.00. The number of amides is 2. The number of rotatable bonds is 8. The maximum absolute atomic E-state index is 12.5. The molecule has 0 N–H and O–H groups in total. The molecule has 1 fully saturated rings. The Kier molecular flexibility index (Phi) is 7.36. The number of nitrogens with zero attached hydrogens (tertiary/aromatic N) is 1. The molecular weight excluding hydrogens is 418 g/mol. The van der Waals surface area contributed by atoms with Crippen LogP contribution in [0.4, 0.5) is 4.79 Å². The maximum atomic E-state index is 12.5. The molecule has 2 aromatic rings. The van der Waals surface area contributed by atoms with Gasteiger partial charge < -0.3 is 14.2 Å². The maximum Gasteiger partial charge on any atom is 0.326 e. The summed E-state index contributed by atoms with van der Waals surface area (Å²) in [7, 11) is 1.53. The number of carbonyl (C=O) groups is 3. The van der Waals surface area contributed by atoms with Gasteiger partial charge in [0.2, 0.25) is 0 Å². The number of imide groups is 1. The minimum Gasteiger partial charge on any atom is -0.493 e. The van der Waals surface area contributed by atoms with Gasteiger partial charge in [-0.15, -0.1) is 0 Å². The quantitative estimate of drug-likeness (QED) is 0.449. The molecule has 8 heteroatoms. The third-order valence-corrected chi connectivity index (χ3v) is 5.34. The average molecular weight is 442 g/mol. The molecule has 1 heterocycles. The number of esters is 1. The van der Waals surface area contributed by atoms with Gasteiger partial charge in [-0.2, -0.15) is 0 Å². The van der Waals surface area contributed by atoms with E-state index in [0.717, 1.165) is 27.8 Å². The lowest BCUT2D eigenvalue weighted by Gasteiger charge is -2.12. The summed E-state index contributed by atoms with van der Waals surface area (Å²) < 4.78 is 16.1. The van der Waals surface area contributed by atoms with Crippen molar-refractivity contribution in [1.82, 2.24) is 4.90 Å². The van der Waals surface area contributed by atoms with Gasteiger partial charge in [0.1, 0.15) is 13.2 Å². The second-order valence-corrected chi connectivity index (χ2v) is 7.75. The Labute approximate surface area is 185 Å². The number of aryl methyl sites for hydroxylation is 1. The van der Waals surface area contributed by atoms with Crippen molar-refractivity contribution in [3.63, 3.8) is 0 Å². The van der Waals surface area contributed by atoms with Crippen LogP contribution in [0.1, 0.15) is 23.6 Å². The van der Waals surface area contributed by atoms with E-state index in [4.69, 9.17) is 14.2 Å². The molecule has 2 amide bonds. The summed E-state index contributed by atoms with van der Waals surface area (Å²) in [5.41, 5.74) is 2.86. The van der Waals surface area contributed by atoms with E-state index in [1.165, 1.54) is 7.11 Å². The molecule has 1 saturated heterocycles. The highest BCUT2D eigenvalue weighted by Gasteiger charge is 2.36. The second kappa shape index (κ2) is 10.2. The Balaban J connectivity index is 1.73. The molecule has 31 heavy (non-hydrogen) atoms. The fraction of sp³-hybridized carbons (Fsp3) is 0.261. The normalized spacial score (nSPS) is 14.8. The van der Waals surface area contributed by atoms with Gasteiger partial charge >= 0.3 is 5.97 Å². The van der Waals surface area contributed by atoms with Crippen LogP contribution in [0.5, 0.6) is 11.5 Å². The van der Waals surface area contributed by atoms with E-state index < -0.39 is 23.7 Å². The second-order valence-electron chi connectivity index (χ2n) is 6.76. The summed E-state index contributed by atoms with van der Waals surface area (Å²) in [6, 6.07) is 13.3. The zero-order valence-electron chi connectivity index (χ0n) is 17.5. The zero-order chi connectivity index (χ0) is 22.4. The van der Waals surface area contributed by atoms with Gasteiger partial charge in [-0.3, -0.25) is 19.3 Å². The number of ether oxygens (including phenoxy) is 3. The summed E-state index contributed by atoms with van der Waals surface area (Å²) in [6.07, 6.45) is 1.59. The third kappa shape index (κ3) is 5.67. The largest absolute Gasteiger partial charge is 0.493 e. The lowest BCUT2D eigenvalue weighted by Crippen LogP contribution is -2.34. The minimum absolute atomic E-state index is 0.184. The monoisotopic (exact) mass is 441 g/mol. The molecule has 0 radical (unpaired) electrons. The minimum atomic E-state index is -0.622. The Bertz CT molecular complexity index is 1030. The molecule has 0 spiro atoms. The van der Waals surface area contributed by atoms with Crippen LogP contribution >= 0.6 is 11.8 Å². The van der Waals surface area contributed by atoms with Gasteiger partial charge in [-0.25, -0.2) is 0 Å². The van der Waals surface area contributed by atoms with E-state index in [2.05, 4.69) is 0 Å². The molecule has 0 bridgehead atoms. The van der Waals surface area contributed by atoms with Crippen molar-refractivity contribution >= 4 is 35.0 Å². The van der Waals surface area contributed by atoms with Crippen molar-refractivity contribution in [1.29, 1.82) is 0 Å². The predicted molar refractivity (Wildman–Crippen MR) is 118 cm³/mol. The lowest BCUT2D eigenvalue weighted by molar-refractivity contribution is -0.145. The number of hydrogen-bond donors (Lipinski definition) is 0. The van der Waals surface area contributed by atoms with Gasteiger partial charge in [0.05, 0.1) is 18.6 Å². The Morgan fingerprint density at radius 3 is 2.65 bits per heavy atom. The first-order valence-corrected chi connectivity index (χ1v) is 10.5. The van der Waals surface area contributed by atoms with E-state index in [1.54, 1.807) is 31.2 Å². The van der Waals surface area contributed by atoms with E-state index in [-0.39, 0.29) is 11.5 Å². The van der Waals surface area contributed by atoms with Crippen LogP contribution in [0.3, 0.4) is 0 Å². The Morgan fingerprint density at radius 1 is 1.13 bits per heavy atom. The lowest BCUT2D eigenvalue weighted by atomic mass is 10.1. The third-order valence-electron chi connectivity index (χ3n) is 4.43. The molecule has 162 valence electrons. The molecule has 0 saturated carbocycles. The van der Waals surface area contributed by atoms with E-state index in [9.17, 15) is 14.4 Å². The highest BCUT2D eigenvalue weighted by Crippen LogP contribution is 2.34. The first-order chi connectivity index (χ1) is 14.9. The van der Waals surface area contributed by atoms with Crippen LogP contribution in [0, 0.1) is 6.92 Å². The molecule has 2 aromatic carbocycles. The highest BCUT2D eigenvalue weighted by atomic mass is 32.2. The standard InChI is InChI=1S/C23H23NO6S/c1-4-29-21(25)13-24-22(26)20(31-23(24)27)12-16-8-9-18(19(11-16)28-3)30-14-17-7-5-6-15(2)10-17/h5-12H,4,13-14H2,1-3H3/b20-12+. The molecule has 1 aliphatic rings. The van der Waals surface area contributed by atoms with Crippen molar-refractivity contribution in [2.75, 3.05) is 20.3 Å². The van der Waals surface area contributed by atoms with Crippen LogP contribution in [-0.2, 0) is 20.9 Å². The predicted octanol–water partition coefficient (Wildman–Crippen LogP) is 4.18. The fourth-order valence-corrected chi connectivity index (χ4v) is 3.82. The number of hydrogen-bond acceptors (Lipinski definition) is 7. The highest BCUT2D eigenvalue weighted by molar-refractivity contribution is 8.18. The Hall–Kier alpha value is -3.26. The SMILES string of the molecule is CCOC(=O)CN1C(=O)S/C(=C/c2ccc(OCc3cccc(C)c3)c(OC)c2)C1=O. The van der Waals surface area contributed by atoms with Crippen molar-refractivity contribution < 1.29 is 28.6 Å². The molecule has 0 atom stereocenters. The smallest absolute Gasteiger partial charge is 0.326 e. The van der Waals surface area contributed by atoms with Gasteiger partial charge in [-0.05, 0) is 54.9 Å². The van der Waals surface area contributed by atoms with Crippen LogP contribution in [0.15, 0.2) is 47.4 Å². The topological polar surface area (TPSA) is 82.1 Å². The number of benzene rings is 2. The molecule has 0 unspecified atom stereocenters. The van der Waals surface area contributed by atoms with Crippen molar-refractivity contribution in [2.24, 2.45) is 0 Å². The molecule has 3 rings (SSSR count). The summed E-state index contributed by atoms with van der Waals surface area (Å²) in [5, 5.41) is -0.505. The molecular formula is C23H23NO6S. The van der Waals surface area contributed by atoms with Crippen molar-refractivity contribution in [2.45, 2.75) is 20.5 Å². The molecule has 0 aromatic heterocycles. The zero-order valence-corrected chi connectivity index (χ0v) is 18.4. The van der Waals surface area contributed by atoms with Gasteiger partial charge in [0, 0.05) is 0 Å².